The van der Waals surface area contributed by atoms with Gasteiger partial charge in [0.15, 0.2) is 0 Å². The smallest absolute Gasteiger partial charge is 0.870 e. The number of methoxy groups -OCH3 is 2. The van der Waals surface area contributed by atoms with Crippen molar-refractivity contribution in [1.29, 1.82) is 0 Å². The summed E-state index contributed by atoms with van der Waals surface area (Å²) in [6, 6.07) is 17.6. The van der Waals surface area contributed by atoms with Crippen molar-refractivity contribution in [1.82, 2.24) is 13.7 Å². The van der Waals surface area contributed by atoms with Crippen LogP contribution >= 0.6 is 59.1 Å². The summed E-state index contributed by atoms with van der Waals surface area (Å²) in [5.41, 5.74) is 12.5. The molecular formula is C56H68Br4N3NaO7Zn. The van der Waals surface area contributed by atoms with Gasteiger partial charge < -0.3 is 33.8 Å². The zero-order chi connectivity index (χ0) is 49.8. The average Bonchev–Trinajstić information content (AvgIpc) is 4.29. The van der Waals surface area contributed by atoms with Crippen LogP contribution in [0, 0.1) is 0 Å². The first kappa shape index (κ1) is 59.4. The third kappa shape index (κ3) is 13.5. The van der Waals surface area contributed by atoms with Crippen molar-refractivity contribution in [3.05, 3.63) is 104 Å². The summed E-state index contributed by atoms with van der Waals surface area (Å²) < 4.78 is 17.5. The summed E-state index contributed by atoms with van der Waals surface area (Å²) in [5.74, 6) is 2.08. The van der Waals surface area contributed by atoms with Crippen LogP contribution in [0.15, 0.2) is 59.2 Å². The molecule has 0 bridgehead atoms. The first-order chi connectivity index (χ1) is 33.8. The molecule has 3 aromatic carbocycles. The molecule has 0 radical (unpaired) electrons. The molecule has 6 aromatic rings. The van der Waals surface area contributed by atoms with Crippen LogP contribution in [0.25, 0.3) is 32.7 Å². The molecule has 6 aliphatic carbocycles. The van der Waals surface area contributed by atoms with Crippen molar-refractivity contribution in [2.75, 3.05) is 14.2 Å². The van der Waals surface area contributed by atoms with Crippen molar-refractivity contribution in [3.63, 3.8) is 0 Å². The molecule has 0 unspecified atom stereocenters. The summed E-state index contributed by atoms with van der Waals surface area (Å²) in [6.45, 7) is 0. The minimum absolute atomic E-state index is 0. The number of esters is 2. The number of carbonyl (C=O) groups excluding carboxylic acids is 2. The Hall–Kier alpha value is -1.81. The molecule has 12 rings (SSSR count). The molecule has 3 heterocycles. The first-order valence-electron chi connectivity index (χ1n) is 25.5. The van der Waals surface area contributed by atoms with Crippen molar-refractivity contribution in [3.8, 4) is 0 Å². The van der Waals surface area contributed by atoms with Crippen LogP contribution in [-0.2, 0) is 43.8 Å². The quantitative estimate of drug-likeness (QED) is 0.0911. The Labute approximate surface area is 485 Å². The maximum Gasteiger partial charge on any atom is 1.00 e. The fraction of sp³-hybridized carbons (Fsp3) is 0.518. The summed E-state index contributed by atoms with van der Waals surface area (Å²) in [5, 5.41) is 13.1. The second-order valence-corrected chi connectivity index (χ2v) is 36.3. The number of aromatic nitrogens is 3. The summed E-state index contributed by atoms with van der Waals surface area (Å²) in [6.07, 6.45) is 23.7. The number of ether oxygens (including phenoxy) is 2. The number of halogens is 4. The fourth-order valence-corrected chi connectivity index (χ4v) is 12.7. The predicted octanol–water partition coefficient (Wildman–Crippen LogP) is 13.4. The van der Waals surface area contributed by atoms with E-state index in [0.717, 1.165) is 26.4 Å². The molecule has 2 N–H and O–H groups in total. The topological polar surface area (TPSA) is 135 Å². The maximum atomic E-state index is 11.8. The zero-order valence-corrected chi connectivity index (χ0v) is 54.2. The Bertz CT molecular complexity index is 2850. The molecular weight excluding hydrogens is 1230 g/mol. The Morgan fingerprint density at radius 2 is 0.833 bits per heavy atom. The monoisotopic (exact) mass is 1300 g/mol. The van der Waals surface area contributed by atoms with Gasteiger partial charge in [0, 0.05) is 70.1 Å². The van der Waals surface area contributed by atoms with E-state index in [9.17, 15) is 19.5 Å². The second-order valence-electron chi connectivity index (χ2n) is 20.2. The number of carboxylic acids is 1. The average molecular weight is 1300 g/mol. The van der Waals surface area contributed by atoms with Crippen molar-refractivity contribution in [2.45, 2.75) is 150 Å². The van der Waals surface area contributed by atoms with Gasteiger partial charge in [-0.15, -0.1) is 0 Å². The number of carbonyl (C=O) groups is 3. The molecule has 0 spiro atoms. The fourth-order valence-electron chi connectivity index (χ4n) is 11.7. The Kier molecular flexibility index (Phi) is 22.3. The van der Waals surface area contributed by atoms with Gasteiger partial charge in [0.2, 0.25) is 0 Å². The SMILES string of the molecule is BrC1CC1.COC(=O)c1ccc2c(C3CCCC3)c(Br)n(C)c2c1.COC(=O)c1ccc2c(C3CCCC3)c(C3CC3)n(C)c2c1.Cn1c(C2CC2)c(C2CCCC2)c2ccc(C(=O)O)cc21.[Br][Zn][Br].[Na+].[OH-]. The number of nitrogens with zero attached hydrogens (tertiary/aromatic N) is 3. The zero-order valence-electron chi connectivity index (χ0n) is 42.9. The van der Waals surface area contributed by atoms with Gasteiger partial charge in [0.05, 0.1) is 35.5 Å². The number of aromatic carboxylic acids is 1. The molecule has 380 valence electrons. The van der Waals surface area contributed by atoms with E-state index in [0.29, 0.717) is 40.4 Å². The van der Waals surface area contributed by atoms with Crippen LogP contribution in [0.4, 0.5) is 0 Å². The summed E-state index contributed by atoms with van der Waals surface area (Å²) in [4.78, 5) is 35.6. The molecule has 16 heteroatoms. The van der Waals surface area contributed by atoms with Crippen molar-refractivity contribution >= 4 is 110 Å². The van der Waals surface area contributed by atoms with Crippen LogP contribution in [0.2, 0.25) is 0 Å². The number of hydrogen-bond acceptors (Lipinski definition) is 6. The van der Waals surface area contributed by atoms with Gasteiger partial charge in [-0.3, -0.25) is 0 Å². The molecule has 72 heavy (non-hydrogen) atoms. The second kappa shape index (κ2) is 27.0. The molecule has 0 amide bonds. The number of benzene rings is 3. The van der Waals surface area contributed by atoms with E-state index in [-0.39, 0.29) is 60.2 Å². The van der Waals surface area contributed by atoms with Gasteiger partial charge in [0.25, 0.3) is 0 Å². The normalized spacial score (nSPS) is 17.5. The number of alkyl halides is 1. The van der Waals surface area contributed by atoms with E-state index in [4.69, 9.17) is 9.47 Å². The van der Waals surface area contributed by atoms with E-state index < -0.39 is 5.97 Å². The summed E-state index contributed by atoms with van der Waals surface area (Å²) >= 11 is 13.4. The van der Waals surface area contributed by atoms with Gasteiger partial charge in [-0.25, -0.2) is 14.4 Å². The summed E-state index contributed by atoms with van der Waals surface area (Å²) in [7, 11) is 9.16. The Morgan fingerprint density at radius 1 is 0.528 bits per heavy atom. The molecule has 0 aliphatic heterocycles. The van der Waals surface area contributed by atoms with Crippen LogP contribution < -0.4 is 29.6 Å². The van der Waals surface area contributed by atoms with E-state index in [1.54, 1.807) is 11.6 Å². The number of fused-ring (bicyclic) bond motifs is 3. The van der Waals surface area contributed by atoms with Crippen LogP contribution in [0.1, 0.15) is 204 Å². The first-order valence-corrected chi connectivity index (χ1v) is 41.1. The Balaban J connectivity index is 0.000000163. The van der Waals surface area contributed by atoms with Crippen molar-refractivity contribution in [2.24, 2.45) is 21.1 Å². The standard InChI is InChI=1S/C19H23NO2.C18H21NO2.C16H18BrNO2.C3H5Br.2BrH.Na.H2O.Zn/c1-20-16-11-14(19(21)22-2)9-10-15(16)17(12-5-3-4-6-12)18(20)13-7-8-13;1-19-15-10-13(18(20)21)8-9-14(15)16(11-4-2-3-5-11)17(19)12-6-7-12;1-18-13-9-11(16(19)20-2)7-8-12(13)14(15(18)17)10-5-3-4-6-10;4-3-1-2-3;;;;;/h9-13H,3-8H2,1-2H3;8-12H,2-7H2,1H3,(H,20,21);7-10H,3-6H2,1-2H3;3H,1-2H2;2*1H;;1H2;/q;;;;;;+1;;+2/p-3. The van der Waals surface area contributed by atoms with Gasteiger partial charge >= 0.3 is 87.9 Å². The number of hydrogen-bond donors (Lipinski definition) is 1. The molecule has 10 nitrogen and oxygen atoms in total. The number of rotatable bonds is 8. The molecule has 6 saturated carbocycles. The number of aryl methyl sites for hydroxylation is 3. The van der Waals surface area contributed by atoms with Crippen LogP contribution in [0.5, 0.6) is 0 Å². The van der Waals surface area contributed by atoms with E-state index >= 15 is 0 Å². The van der Waals surface area contributed by atoms with E-state index in [1.807, 2.05) is 43.4 Å². The molecule has 0 saturated heterocycles. The van der Waals surface area contributed by atoms with E-state index in [2.05, 4.69) is 99.0 Å². The van der Waals surface area contributed by atoms with Crippen molar-refractivity contribution < 1.29 is 77.2 Å². The van der Waals surface area contributed by atoms with Gasteiger partial charge in [-0.2, -0.15) is 0 Å². The third-order valence-electron chi connectivity index (χ3n) is 15.6. The molecule has 6 fully saturated rings. The third-order valence-corrected chi connectivity index (χ3v) is 17.4. The molecule has 3 aromatic heterocycles. The minimum atomic E-state index is -0.839. The predicted molar refractivity (Wildman–Crippen MR) is 295 cm³/mol. The van der Waals surface area contributed by atoms with E-state index in [1.165, 1.54) is 174 Å². The van der Waals surface area contributed by atoms with Crippen LogP contribution in [0.3, 0.4) is 0 Å². The van der Waals surface area contributed by atoms with Gasteiger partial charge in [-0.1, -0.05) is 72.7 Å². The Morgan fingerprint density at radius 3 is 1.15 bits per heavy atom. The molecule has 0 atom stereocenters. The minimum Gasteiger partial charge on any atom is -0.870 e. The largest absolute Gasteiger partial charge is 1.00 e. The van der Waals surface area contributed by atoms with Gasteiger partial charge in [0.1, 0.15) is 0 Å². The van der Waals surface area contributed by atoms with Gasteiger partial charge in [-0.05, 0) is 176 Å². The maximum absolute atomic E-state index is 11.8. The molecule has 6 aliphatic rings. The van der Waals surface area contributed by atoms with Crippen LogP contribution in [-0.4, -0.2) is 61.2 Å². The number of carboxylic acid groups (broad SMARTS) is 1.